The molecule has 3 N–H and O–H groups in total. The lowest BCUT2D eigenvalue weighted by Crippen LogP contribution is -2.39. The third-order valence-corrected chi connectivity index (χ3v) is 2.92. The van der Waals surface area contributed by atoms with E-state index in [1.165, 1.54) is 5.56 Å². The van der Waals surface area contributed by atoms with Crippen LogP contribution in [-0.4, -0.2) is 17.8 Å². The van der Waals surface area contributed by atoms with Crippen molar-refractivity contribution in [3.63, 3.8) is 0 Å². The van der Waals surface area contributed by atoms with E-state index in [2.05, 4.69) is 13.8 Å². The molecule has 0 amide bonds. The molecule has 0 saturated heterocycles. The van der Waals surface area contributed by atoms with Crippen LogP contribution in [0, 0.1) is 0 Å². The van der Waals surface area contributed by atoms with Crippen LogP contribution in [0.1, 0.15) is 50.8 Å². The van der Waals surface area contributed by atoms with E-state index in [4.69, 9.17) is 10.5 Å². The summed E-state index contributed by atoms with van der Waals surface area (Å²) in [6.07, 6.45) is -0.737. The Kier molecular flexibility index (Phi) is 4.17. The van der Waals surface area contributed by atoms with Crippen LogP contribution in [0.4, 0.5) is 0 Å². The van der Waals surface area contributed by atoms with Gasteiger partial charge in [-0.25, -0.2) is 0 Å². The molecule has 0 radical (unpaired) electrons. The predicted octanol–water partition coefficient (Wildman–Crippen LogP) is 2.59. The Morgan fingerprint density at radius 3 is 2.29 bits per heavy atom. The van der Waals surface area contributed by atoms with E-state index in [0.29, 0.717) is 11.7 Å². The summed E-state index contributed by atoms with van der Waals surface area (Å²) in [5.74, 6) is 1.13. The monoisotopic (exact) mass is 237 g/mol. The quantitative estimate of drug-likeness (QED) is 0.846. The van der Waals surface area contributed by atoms with Crippen LogP contribution in [0.15, 0.2) is 18.2 Å². The van der Waals surface area contributed by atoms with Gasteiger partial charge in [0.25, 0.3) is 0 Å². The highest BCUT2D eigenvalue weighted by Gasteiger charge is 2.27. The zero-order valence-corrected chi connectivity index (χ0v) is 11.3. The van der Waals surface area contributed by atoms with Gasteiger partial charge in [0.1, 0.15) is 5.75 Å². The Morgan fingerprint density at radius 2 is 1.88 bits per heavy atom. The fraction of sp³-hybridized carbons (Fsp3) is 0.571. The van der Waals surface area contributed by atoms with Crippen LogP contribution < -0.4 is 10.5 Å². The van der Waals surface area contributed by atoms with Gasteiger partial charge in [-0.15, -0.1) is 0 Å². The third-order valence-electron chi connectivity index (χ3n) is 2.92. The van der Waals surface area contributed by atoms with Crippen LogP contribution in [0.5, 0.6) is 5.75 Å². The van der Waals surface area contributed by atoms with Gasteiger partial charge in [-0.05, 0) is 31.4 Å². The molecule has 0 fully saturated rings. The number of ether oxygens (including phenoxy) is 1. The first-order chi connectivity index (χ1) is 7.77. The lowest BCUT2D eigenvalue weighted by Gasteiger charge is -2.27. The summed E-state index contributed by atoms with van der Waals surface area (Å²) in [5.41, 5.74) is 7.17. The highest BCUT2D eigenvalue weighted by molar-refractivity contribution is 5.41. The van der Waals surface area contributed by atoms with Crippen LogP contribution in [0.25, 0.3) is 0 Å². The molecule has 1 atom stereocenters. The van der Waals surface area contributed by atoms with Crippen molar-refractivity contribution in [2.45, 2.75) is 45.3 Å². The van der Waals surface area contributed by atoms with Gasteiger partial charge >= 0.3 is 0 Å². The van der Waals surface area contributed by atoms with E-state index in [-0.39, 0.29) is 0 Å². The number of aliphatic hydroxyl groups excluding tert-OH is 1. The second kappa shape index (κ2) is 5.07. The van der Waals surface area contributed by atoms with Crippen molar-refractivity contribution >= 4 is 0 Å². The van der Waals surface area contributed by atoms with E-state index in [1.54, 1.807) is 21.0 Å². The van der Waals surface area contributed by atoms with E-state index < -0.39 is 11.6 Å². The molecule has 1 aromatic carbocycles. The standard InChI is InChI=1S/C14H23NO2/c1-9(2)10-6-7-11(12(8-10)17-5)13(16)14(3,4)15/h6-9,13,16H,15H2,1-5H3. The van der Waals surface area contributed by atoms with E-state index in [0.717, 1.165) is 5.56 Å². The molecule has 0 bridgehead atoms. The second-order valence-corrected chi connectivity index (χ2v) is 5.38. The Bertz CT molecular complexity index is 380. The minimum absolute atomic E-state index is 0.431. The fourth-order valence-electron chi connectivity index (χ4n) is 1.71. The van der Waals surface area contributed by atoms with Gasteiger partial charge < -0.3 is 15.6 Å². The summed E-state index contributed by atoms with van der Waals surface area (Å²) in [6.45, 7) is 7.84. The molecule has 3 heteroatoms. The van der Waals surface area contributed by atoms with Crippen LogP contribution in [0.3, 0.4) is 0 Å². The second-order valence-electron chi connectivity index (χ2n) is 5.38. The SMILES string of the molecule is COc1cc(C(C)C)ccc1C(O)C(C)(C)N. The van der Waals surface area contributed by atoms with E-state index >= 15 is 0 Å². The van der Waals surface area contributed by atoms with Gasteiger partial charge in [0.15, 0.2) is 0 Å². The van der Waals surface area contributed by atoms with Crippen molar-refractivity contribution in [3.05, 3.63) is 29.3 Å². The summed E-state index contributed by atoms with van der Waals surface area (Å²) in [4.78, 5) is 0. The van der Waals surface area contributed by atoms with E-state index in [9.17, 15) is 5.11 Å². The predicted molar refractivity (Wildman–Crippen MR) is 70.3 cm³/mol. The maximum Gasteiger partial charge on any atom is 0.125 e. The summed E-state index contributed by atoms with van der Waals surface area (Å²) < 4.78 is 5.34. The number of rotatable bonds is 4. The number of aliphatic hydroxyl groups is 1. The number of hydrogen-bond donors (Lipinski definition) is 2. The average molecular weight is 237 g/mol. The molecule has 1 unspecified atom stereocenters. The minimum Gasteiger partial charge on any atom is -0.496 e. The topological polar surface area (TPSA) is 55.5 Å². The minimum atomic E-state index is -0.737. The first kappa shape index (κ1) is 14.0. The van der Waals surface area contributed by atoms with Gasteiger partial charge in [0, 0.05) is 11.1 Å². The maximum absolute atomic E-state index is 10.2. The Hall–Kier alpha value is -1.06. The molecule has 1 aromatic rings. The average Bonchev–Trinajstić information content (AvgIpc) is 2.25. The molecule has 17 heavy (non-hydrogen) atoms. The lowest BCUT2D eigenvalue weighted by atomic mass is 9.90. The Balaban J connectivity index is 3.17. The summed E-state index contributed by atoms with van der Waals surface area (Å²) in [5, 5.41) is 10.2. The number of methoxy groups -OCH3 is 1. The Morgan fingerprint density at radius 1 is 1.29 bits per heavy atom. The smallest absolute Gasteiger partial charge is 0.125 e. The highest BCUT2D eigenvalue weighted by Crippen LogP contribution is 2.33. The van der Waals surface area contributed by atoms with Gasteiger partial charge in [0.2, 0.25) is 0 Å². The normalized spacial score (nSPS) is 13.9. The number of benzene rings is 1. The van der Waals surface area contributed by atoms with Gasteiger partial charge in [-0.2, -0.15) is 0 Å². The molecule has 0 aromatic heterocycles. The van der Waals surface area contributed by atoms with Gasteiger partial charge in [-0.1, -0.05) is 26.0 Å². The largest absolute Gasteiger partial charge is 0.496 e. The summed E-state index contributed by atoms with van der Waals surface area (Å²) >= 11 is 0. The molecule has 3 nitrogen and oxygen atoms in total. The Labute approximate surface area is 104 Å². The maximum atomic E-state index is 10.2. The number of nitrogens with two attached hydrogens (primary N) is 1. The summed E-state index contributed by atoms with van der Waals surface area (Å²) in [7, 11) is 1.61. The molecule has 0 aliphatic heterocycles. The molecule has 96 valence electrons. The molecule has 0 heterocycles. The zero-order chi connectivity index (χ0) is 13.2. The van der Waals surface area contributed by atoms with Gasteiger partial charge in [0.05, 0.1) is 13.2 Å². The number of hydrogen-bond acceptors (Lipinski definition) is 3. The molecular weight excluding hydrogens is 214 g/mol. The van der Waals surface area contributed by atoms with Crippen molar-refractivity contribution < 1.29 is 9.84 Å². The fourth-order valence-corrected chi connectivity index (χ4v) is 1.71. The lowest BCUT2D eigenvalue weighted by molar-refractivity contribution is 0.102. The van der Waals surface area contributed by atoms with Crippen molar-refractivity contribution in [1.29, 1.82) is 0 Å². The van der Waals surface area contributed by atoms with Crippen LogP contribution >= 0.6 is 0 Å². The van der Waals surface area contributed by atoms with Crippen molar-refractivity contribution in [3.8, 4) is 5.75 Å². The van der Waals surface area contributed by atoms with Crippen molar-refractivity contribution in [1.82, 2.24) is 0 Å². The summed E-state index contributed by atoms with van der Waals surface area (Å²) in [6, 6.07) is 5.87. The highest BCUT2D eigenvalue weighted by atomic mass is 16.5. The third kappa shape index (κ3) is 3.20. The molecular formula is C14H23NO2. The first-order valence-electron chi connectivity index (χ1n) is 5.92. The first-order valence-corrected chi connectivity index (χ1v) is 5.92. The molecule has 0 aliphatic rings. The molecule has 0 spiro atoms. The molecule has 1 rings (SSSR count). The van der Waals surface area contributed by atoms with Crippen molar-refractivity contribution in [2.24, 2.45) is 5.73 Å². The van der Waals surface area contributed by atoms with Gasteiger partial charge in [-0.3, -0.25) is 0 Å². The van der Waals surface area contributed by atoms with Crippen LogP contribution in [-0.2, 0) is 0 Å². The van der Waals surface area contributed by atoms with Crippen molar-refractivity contribution in [2.75, 3.05) is 7.11 Å². The molecule has 0 saturated carbocycles. The van der Waals surface area contributed by atoms with E-state index in [1.807, 2.05) is 18.2 Å². The van der Waals surface area contributed by atoms with Crippen LogP contribution in [0.2, 0.25) is 0 Å². The molecule has 0 aliphatic carbocycles. The zero-order valence-electron chi connectivity index (χ0n) is 11.3.